The molecule has 2 N–H and O–H groups in total. The van der Waals surface area contributed by atoms with Crippen LogP contribution in [0, 0.1) is 12.3 Å². The Kier molecular flexibility index (Phi) is 5.47. The molecule has 0 saturated carbocycles. The molecule has 1 aromatic heterocycles. The number of aromatic nitrogens is 1. The molecule has 96 valence electrons. The number of carbonyl (C=O) groups excluding carboxylic acids is 1. The van der Waals surface area contributed by atoms with Gasteiger partial charge in [0.05, 0.1) is 24.4 Å². The number of pyridine rings is 1. The zero-order chi connectivity index (χ0) is 13.5. The molecule has 1 aromatic rings. The van der Waals surface area contributed by atoms with Crippen molar-refractivity contribution in [2.75, 3.05) is 12.8 Å². The minimum atomic E-state index is -0.252. The van der Waals surface area contributed by atoms with Gasteiger partial charge in [0.25, 0.3) is 0 Å². The lowest BCUT2D eigenvalue weighted by Gasteiger charge is -2.12. The second-order valence-electron chi connectivity index (χ2n) is 3.80. The van der Waals surface area contributed by atoms with Gasteiger partial charge >= 0.3 is 5.97 Å². The normalized spacial score (nSPS) is 11.6. The highest BCUT2D eigenvalue weighted by atomic mass is 35.5. The van der Waals surface area contributed by atoms with Crippen molar-refractivity contribution in [3.05, 3.63) is 23.0 Å². The van der Waals surface area contributed by atoms with Crippen molar-refractivity contribution in [2.24, 2.45) is 0 Å². The van der Waals surface area contributed by atoms with Crippen LogP contribution in [0.2, 0.25) is 5.15 Å². The SMILES string of the molecule is C#CC(CCCC(=O)OC)c1nc(Cl)ccc1N. The molecule has 0 aliphatic heterocycles. The average molecular weight is 267 g/mol. The van der Waals surface area contributed by atoms with Crippen molar-refractivity contribution in [2.45, 2.75) is 25.2 Å². The third kappa shape index (κ3) is 3.94. The first-order valence-electron chi connectivity index (χ1n) is 5.53. The molecule has 0 aliphatic rings. The summed E-state index contributed by atoms with van der Waals surface area (Å²) in [6, 6.07) is 3.29. The third-order valence-electron chi connectivity index (χ3n) is 2.56. The summed E-state index contributed by atoms with van der Waals surface area (Å²) in [4.78, 5) is 15.1. The number of nitrogens with two attached hydrogens (primary N) is 1. The maximum atomic E-state index is 11.0. The third-order valence-corrected chi connectivity index (χ3v) is 2.77. The van der Waals surface area contributed by atoms with Gasteiger partial charge in [-0.05, 0) is 25.0 Å². The molecule has 0 saturated heterocycles. The maximum absolute atomic E-state index is 11.0. The van der Waals surface area contributed by atoms with E-state index in [1.165, 1.54) is 7.11 Å². The van der Waals surface area contributed by atoms with Crippen LogP contribution in [0.5, 0.6) is 0 Å². The second kappa shape index (κ2) is 6.87. The fourth-order valence-electron chi connectivity index (χ4n) is 1.59. The van der Waals surface area contributed by atoms with Crippen LogP contribution in [0.1, 0.15) is 30.9 Å². The van der Waals surface area contributed by atoms with Gasteiger partial charge in [-0.1, -0.05) is 17.5 Å². The van der Waals surface area contributed by atoms with Crippen LogP contribution < -0.4 is 5.73 Å². The van der Waals surface area contributed by atoms with E-state index in [9.17, 15) is 4.79 Å². The first-order valence-corrected chi connectivity index (χ1v) is 5.91. The summed E-state index contributed by atoms with van der Waals surface area (Å²) < 4.78 is 4.56. The van der Waals surface area contributed by atoms with Gasteiger partial charge in [-0.2, -0.15) is 0 Å². The lowest BCUT2D eigenvalue weighted by atomic mass is 9.97. The average Bonchev–Trinajstić information content (AvgIpc) is 2.37. The standard InChI is InChI=1S/C13H15ClN2O2/c1-3-9(5-4-6-12(17)18-2)13-10(15)7-8-11(14)16-13/h1,7-9H,4-6,15H2,2H3. The smallest absolute Gasteiger partial charge is 0.305 e. The Labute approximate surface area is 111 Å². The number of hydrogen-bond donors (Lipinski definition) is 1. The topological polar surface area (TPSA) is 65.2 Å². The maximum Gasteiger partial charge on any atom is 0.305 e. The molecule has 0 aliphatic carbocycles. The van der Waals surface area contributed by atoms with Gasteiger partial charge in [-0.25, -0.2) is 4.98 Å². The Morgan fingerprint density at radius 2 is 2.39 bits per heavy atom. The zero-order valence-electron chi connectivity index (χ0n) is 10.1. The molecule has 0 spiro atoms. The van der Waals surface area contributed by atoms with E-state index in [0.717, 1.165) is 0 Å². The van der Waals surface area contributed by atoms with Crippen molar-refractivity contribution in [3.63, 3.8) is 0 Å². The van der Waals surface area contributed by atoms with Crippen molar-refractivity contribution in [1.29, 1.82) is 0 Å². The molecule has 1 heterocycles. The summed E-state index contributed by atoms with van der Waals surface area (Å²) in [6.07, 6.45) is 7.03. The number of carbonyl (C=O) groups is 1. The summed E-state index contributed by atoms with van der Waals surface area (Å²) in [5, 5.41) is 0.354. The Bertz CT molecular complexity index is 469. The molecular formula is C13H15ClN2O2. The molecule has 1 unspecified atom stereocenters. The van der Waals surface area contributed by atoms with Crippen molar-refractivity contribution in [1.82, 2.24) is 4.98 Å². The molecular weight excluding hydrogens is 252 g/mol. The second-order valence-corrected chi connectivity index (χ2v) is 4.18. The Morgan fingerprint density at radius 3 is 3.00 bits per heavy atom. The molecule has 5 heteroatoms. The number of nitrogens with zero attached hydrogens (tertiary/aromatic N) is 1. The first-order chi connectivity index (χ1) is 8.58. The van der Waals surface area contributed by atoms with Gasteiger partial charge < -0.3 is 10.5 Å². The fraction of sp³-hybridized carbons (Fsp3) is 0.385. The minimum Gasteiger partial charge on any atom is -0.469 e. The molecule has 1 atom stereocenters. The van der Waals surface area contributed by atoms with Crippen LogP contribution in [0.3, 0.4) is 0 Å². The van der Waals surface area contributed by atoms with E-state index in [4.69, 9.17) is 23.8 Å². The number of halogens is 1. The van der Waals surface area contributed by atoms with Crippen LogP contribution in [-0.4, -0.2) is 18.1 Å². The first kappa shape index (κ1) is 14.3. The number of anilines is 1. The molecule has 4 nitrogen and oxygen atoms in total. The van der Waals surface area contributed by atoms with E-state index >= 15 is 0 Å². The molecule has 18 heavy (non-hydrogen) atoms. The van der Waals surface area contributed by atoms with E-state index in [1.54, 1.807) is 12.1 Å². The van der Waals surface area contributed by atoms with Gasteiger partial charge in [0.15, 0.2) is 0 Å². The van der Waals surface area contributed by atoms with Gasteiger partial charge in [0, 0.05) is 6.42 Å². The molecule has 0 fully saturated rings. The predicted molar refractivity (Wildman–Crippen MR) is 71.1 cm³/mol. The van der Waals surface area contributed by atoms with Crippen LogP contribution in [0.25, 0.3) is 0 Å². The lowest BCUT2D eigenvalue weighted by Crippen LogP contribution is -2.06. The highest BCUT2D eigenvalue weighted by molar-refractivity contribution is 6.29. The highest BCUT2D eigenvalue weighted by Gasteiger charge is 2.14. The number of esters is 1. The van der Waals surface area contributed by atoms with Crippen molar-refractivity contribution in [3.8, 4) is 12.3 Å². The monoisotopic (exact) mass is 266 g/mol. The largest absolute Gasteiger partial charge is 0.469 e. The Hall–Kier alpha value is -1.73. The summed E-state index contributed by atoms with van der Waals surface area (Å²) in [5.41, 5.74) is 6.92. The van der Waals surface area contributed by atoms with E-state index < -0.39 is 0 Å². The summed E-state index contributed by atoms with van der Waals surface area (Å²) in [7, 11) is 1.36. The number of hydrogen-bond acceptors (Lipinski definition) is 4. The number of ether oxygens (including phenoxy) is 1. The van der Waals surface area contributed by atoms with Gasteiger partial charge in [-0.3, -0.25) is 4.79 Å². The quantitative estimate of drug-likeness (QED) is 0.505. The molecule has 0 amide bonds. The number of methoxy groups -OCH3 is 1. The molecule has 0 radical (unpaired) electrons. The summed E-state index contributed by atoms with van der Waals surface area (Å²) in [5.74, 6) is 2.13. The van der Waals surface area contributed by atoms with E-state index in [0.29, 0.717) is 35.8 Å². The van der Waals surface area contributed by atoms with Gasteiger partial charge in [0.1, 0.15) is 5.15 Å². The zero-order valence-corrected chi connectivity index (χ0v) is 10.9. The van der Waals surface area contributed by atoms with Crippen LogP contribution in [0.4, 0.5) is 5.69 Å². The molecule has 1 rings (SSSR count). The van der Waals surface area contributed by atoms with Gasteiger partial charge in [0.2, 0.25) is 0 Å². The number of rotatable bonds is 5. The van der Waals surface area contributed by atoms with E-state index in [2.05, 4.69) is 15.6 Å². The highest BCUT2D eigenvalue weighted by Crippen LogP contribution is 2.26. The van der Waals surface area contributed by atoms with Crippen molar-refractivity contribution < 1.29 is 9.53 Å². The van der Waals surface area contributed by atoms with Crippen molar-refractivity contribution >= 4 is 23.3 Å². The Morgan fingerprint density at radius 1 is 1.67 bits per heavy atom. The summed E-state index contributed by atoms with van der Waals surface area (Å²) >= 11 is 5.82. The Balaban J connectivity index is 2.69. The molecule has 0 bridgehead atoms. The van der Waals surface area contributed by atoms with Gasteiger partial charge in [-0.15, -0.1) is 6.42 Å². The fourth-order valence-corrected chi connectivity index (χ4v) is 1.75. The lowest BCUT2D eigenvalue weighted by molar-refractivity contribution is -0.140. The molecule has 0 aromatic carbocycles. The number of nitrogen functional groups attached to an aromatic ring is 1. The minimum absolute atomic E-state index is 0.242. The van der Waals surface area contributed by atoms with E-state index in [-0.39, 0.29) is 11.9 Å². The van der Waals surface area contributed by atoms with E-state index in [1.807, 2.05) is 0 Å². The summed E-state index contributed by atoms with van der Waals surface area (Å²) in [6.45, 7) is 0. The predicted octanol–water partition coefficient (Wildman–Crippen LogP) is 2.38. The van der Waals surface area contributed by atoms with Crippen LogP contribution >= 0.6 is 11.6 Å². The van der Waals surface area contributed by atoms with Crippen LogP contribution in [-0.2, 0) is 9.53 Å². The number of terminal acetylenes is 1. The van der Waals surface area contributed by atoms with Crippen LogP contribution in [0.15, 0.2) is 12.1 Å².